The van der Waals surface area contributed by atoms with Crippen LogP contribution in [0.4, 0.5) is 0 Å². The summed E-state index contributed by atoms with van der Waals surface area (Å²) in [7, 11) is 0. The van der Waals surface area contributed by atoms with Crippen molar-refractivity contribution in [3.8, 4) is 11.3 Å². The number of nitrogens with zero attached hydrogens (tertiary/aromatic N) is 5. The van der Waals surface area contributed by atoms with Gasteiger partial charge < -0.3 is 5.32 Å². The quantitative estimate of drug-likeness (QED) is 0.431. The minimum absolute atomic E-state index is 0.0759. The van der Waals surface area contributed by atoms with Crippen molar-refractivity contribution in [3.05, 3.63) is 108 Å². The maximum Gasteiger partial charge on any atom is 0.257 e. The van der Waals surface area contributed by atoms with Crippen LogP contribution < -0.4 is 5.32 Å². The third-order valence-corrected chi connectivity index (χ3v) is 6.46. The van der Waals surface area contributed by atoms with E-state index in [-0.39, 0.29) is 11.9 Å². The van der Waals surface area contributed by atoms with Gasteiger partial charge in [0.2, 0.25) is 0 Å². The normalized spacial score (nSPS) is 15.2. The molecule has 1 amide bonds. The first-order valence-electron chi connectivity index (χ1n) is 11.6. The summed E-state index contributed by atoms with van der Waals surface area (Å²) in [6.07, 6.45) is 8.09. The van der Waals surface area contributed by atoms with Crippen molar-refractivity contribution in [2.45, 2.75) is 31.8 Å². The molecule has 1 unspecified atom stereocenters. The zero-order valence-corrected chi connectivity index (χ0v) is 18.6. The first kappa shape index (κ1) is 20.4. The van der Waals surface area contributed by atoms with Crippen molar-refractivity contribution in [3.63, 3.8) is 0 Å². The van der Waals surface area contributed by atoms with Crippen LogP contribution in [0.25, 0.3) is 16.9 Å². The lowest BCUT2D eigenvalue weighted by Gasteiger charge is -2.24. The molecule has 0 bridgehead atoms. The minimum Gasteiger partial charge on any atom is -0.345 e. The fourth-order valence-electron chi connectivity index (χ4n) is 4.78. The van der Waals surface area contributed by atoms with E-state index in [0.717, 1.165) is 42.6 Å². The highest BCUT2D eigenvalue weighted by Crippen LogP contribution is 2.30. The zero-order valence-electron chi connectivity index (χ0n) is 18.6. The Labute approximate surface area is 197 Å². The molecule has 0 spiro atoms. The van der Waals surface area contributed by atoms with E-state index < -0.39 is 0 Å². The lowest BCUT2D eigenvalue weighted by molar-refractivity contribution is 0.0934. The Kier molecular flexibility index (Phi) is 5.14. The Morgan fingerprint density at radius 3 is 2.59 bits per heavy atom. The van der Waals surface area contributed by atoms with E-state index >= 15 is 0 Å². The van der Waals surface area contributed by atoms with Crippen LogP contribution in [0.5, 0.6) is 0 Å². The van der Waals surface area contributed by atoms with Gasteiger partial charge in [-0.25, -0.2) is 9.50 Å². The molecule has 7 nitrogen and oxygen atoms in total. The summed E-state index contributed by atoms with van der Waals surface area (Å²) in [6, 6.07) is 22.1. The molecule has 0 saturated heterocycles. The number of fused-ring (bicyclic) bond motifs is 2. The van der Waals surface area contributed by atoms with E-state index in [2.05, 4.69) is 37.3 Å². The summed E-state index contributed by atoms with van der Waals surface area (Å²) in [4.78, 5) is 17.8. The number of aromatic nitrogens is 5. The summed E-state index contributed by atoms with van der Waals surface area (Å²) in [5, 5.41) is 12.3. The van der Waals surface area contributed by atoms with Crippen LogP contribution >= 0.6 is 0 Å². The number of hydrogen-bond donors (Lipinski definition) is 1. The van der Waals surface area contributed by atoms with Gasteiger partial charge >= 0.3 is 0 Å². The molecule has 0 radical (unpaired) electrons. The monoisotopic (exact) mass is 448 g/mol. The molecular weight excluding hydrogens is 424 g/mol. The van der Waals surface area contributed by atoms with Gasteiger partial charge in [0.05, 0.1) is 30.7 Å². The van der Waals surface area contributed by atoms with Crippen LogP contribution in [-0.4, -0.2) is 30.3 Å². The van der Waals surface area contributed by atoms with Gasteiger partial charge in [-0.1, -0.05) is 60.7 Å². The van der Waals surface area contributed by atoms with Crippen LogP contribution in [0, 0.1) is 0 Å². The molecule has 1 aliphatic carbocycles. The van der Waals surface area contributed by atoms with E-state index in [1.54, 1.807) is 16.9 Å². The van der Waals surface area contributed by atoms with Crippen molar-refractivity contribution < 1.29 is 4.79 Å². The molecule has 1 N–H and O–H groups in total. The Balaban J connectivity index is 1.27. The van der Waals surface area contributed by atoms with Gasteiger partial charge in [-0.2, -0.15) is 10.2 Å². The Morgan fingerprint density at radius 2 is 1.76 bits per heavy atom. The smallest absolute Gasteiger partial charge is 0.257 e. The van der Waals surface area contributed by atoms with Gasteiger partial charge in [0, 0.05) is 23.0 Å². The Morgan fingerprint density at radius 1 is 0.971 bits per heavy atom. The molecule has 7 heteroatoms. The molecule has 0 aliphatic heterocycles. The van der Waals surface area contributed by atoms with Crippen LogP contribution in [0.2, 0.25) is 0 Å². The van der Waals surface area contributed by atoms with Gasteiger partial charge in [0.15, 0.2) is 5.65 Å². The predicted molar refractivity (Wildman–Crippen MR) is 129 cm³/mol. The van der Waals surface area contributed by atoms with Crippen molar-refractivity contribution in [1.82, 2.24) is 29.7 Å². The third kappa shape index (κ3) is 3.65. The summed E-state index contributed by atoms with van der Waals surface area (Å²) in [5.74, 6) is -0.165. The van der Waals surface area contributed by atoms with E-state index in [9.17, 15) is 4.79 Å². The van der Waals surface area contributed by atoms with Gasteiger partial charge in [-0.15, -0.1) is 0 Å². The van der Waals surface area contributed by atoms with Crippen molar-refractivity contribution in [1.29, 1.82) is 0 Å². The van der Waals surface area contributed by atoms with Crippen molar-refractivity contribution >= 4 is 11.6 Å². The molecule has 2 aromatic carbocycles. The summed E-state index contributed by atoms with van der Waals surface area (Å²) < 4.78 is 3.79. The van der Waals surface area contributed by atoms with Gasteiger partial charge in [0.25, 0.3) is 5.91 Å². The maximum atomic E-state index is 13.3. The molecule has 1 atom stereocenters. The maximum absolute atomic E-state index is 13.3. The highest BCUT2D eigenvalue weighted by molar-refractivity contribution is 6.00. The standard InChI is InChI=1S/C27H24N6O/c34-27(22-17-30-33-24(14-15-28-26(22)33)20-10-5-2-6-11-20)31-23-12-7-13-25-21(23)16-29-32(25)18-19-8-3-1-4-9-19/h1-6,8-11,14-17,23H,7,12-13,18H2,(H,31,34). The van der Waals surface area contributed by atoms with Crippen molar-refractivity contribution in [2.24, 2.45) is 0 Å². The number of benzene rings is 2. The van der Waals surface area contributed by atoms with E-state index in [1.165, 1.54) is 11.3 Å². The van der Waals surface area contributed by atoms with Gasteiger partial charge in [-0.3, -0.25) is 9.48 Å². The van der Waals surface area contributed by atoms with E-state index in [0.29, 0.717) is 11.2 Å². The highest BCUT2D eigenvalue weighted by Gasteiger charge is 2.27. The third-order valence-electron chi connectivity index (χ3n) is 6.46. The number of carbonyl (C=O) groups excluding carboxylic acids is 1. The largest absolute Gasteiger partial charge is 0.345 e. The lowest BCUT2D eigenvalue weighted by atomic mass is 9.92. The number of carbonyl (C=O) groups is 1. The summed E-state index contributed by atoms with van der Waals surface area (Å²) in [5.41, 5.74) is 6.46. The highest BCUT2D eigenvalue weighted by atomic mass is 16.1. The summed E-state index contributed by atoms with van der Waals surface area (Å²) >= 11 is 0. The second-order valence-electron chi connectivity index (χ2n) is 8.60. The molecule has 3 heterocycles. The SMILES string of the molecule is O=C(NC1CCCc2c1cnn2Cc1ccccc1)c1cnn2c(-c3ccccc3)ccnc12. The lowest BCUT2D eigenvalue weighted by Crippen LogP contribution is -2.31. The first-order valence-corrected chi connectivity index (χ1v) is 11.6. The zero-order chi connectivity index (χ0) is 22.9. The molecule has 0 fully saturated rings. The van der Waals surface area contributed by atoms with Crippen LogP contribution in [0.15, 0.2) is 85.3 Å². The van der Waals surface area contributed by atoms with E-state index in [1.807, 2.05) is 60.8 Å². The fourth-order valence-corrected chi connectivity index (χ4v) is 4.78. The molecule has 6 rings (SSSR count). The first-order chi connectivity index (χ1) is 16.8. The average Bonchev–Trinajstić information content (AvgIpc) is 3.50. The fraction of sp³-hybridized carbons (Fsp3) is 0.185. The van der Waals surface area contributed by atoms with Gasteiger partial charge in [0.1, 0.15) is 5.56 Å². The van der Waals surface area contributed by atoms with Crippen LogP contribution in [0.1, 0.15) is 46.1 Å². The number of amides is 1. The molecule has 168 valence electrons. The topological polar surface area (TPSA) is 77.1 Å². The predicted octanol–water partition coefficient (Wildman–Crippen LogP) is 4.45. The van der Waals surface area contributed by atoms with Crippen molar-refractivity contribution in [2.75, 3.05) is 0 Å². The second-order valence-corrected chi connectivity index (χ2v) is 8.60. The minimum atomic E-state index is -0.165. The number of hydrogen-bond acceptors (Lipinski definition) is 4. The second kappa shape index (κ2) is 8.59. The summed E-state index contributed by atoms with van der Waals surface area (Å²) in [6.45, 7) is 0.733. The molecule has 34 heavy (non-hydrogen) atoms. The Bertz CT molecular complexity index is 1450. The number of nitrogens with one attached hydrogen (secondary N) is 1. The molecule has 0 saturated carbocycles. The number of rotatable bonds is 5. The molecule has 3 aromatic heterocycles. The molecule has 1 aliphatic rings. The molecule has 5 aromatic rings. The van der Waals surface area contributed by atoms with Crippen LogP contribution in [0.3, 0.4) is 0 Å². The van der Waals surface area contributed by atoms with Crippen LogP contribution in [-0.2, 0) is 13.0 Å². The molecular formula is C27H24N6O. The average molecular weight is 449 g/mol. The van der Waals surface area contributed by atoms with E-state index in [4.69, 9.17) is 0 Å². The van der Waals surface area contributed by atoms with Gasteiger partial charge in [-0.05, 0) is 30.9 Å². The Hall–Kier alpha value is -4.26.